The zero-order chi connectivity index (χ0) is 14.8. The maximum absolute atomic E-state index is 11.5. The lowest BCUT2D eigenvalue weighted by molar-refractivity contribution is 0.0594. The number of carbonyl (C=O) groups excluding carboxylic acids is 1. The lowest BCUT2D eigenvalue weighted by Crippen LogP contribution is -2.07. The Kier molecular flexibility index (Phi) is 3.51. The minimum atomic E-state index is -0.513. The first-order valence-electron chi connectivity index (χ1n) is 6.83. The zero-order valence-electron chi connectivity index (χ0n) is 11.8. The Labute approximate surface area is 122 Å². The lowest BCUT2D eigenvalue weighted by atomic mass is 10.1. The molecule has 0 saturated heterocycles. The predicted octanol–water partition coefficient (Wildman–Crippen LogP) is 1.43. The number of rotatable bonds is 4. The van der Waals surface area contributed by atoms with Crippen LogP contribution in [-0.4, -0.2) is 29.5 Å². The SMILES string of the molecule is COC(=O)c1nn(CCc2ccc3c(c2)CCO3)cc1N. The van der Waals surface area contributed by atoms with Gasteiger partial charge in [-0.2, -0.15) is 5.10 Å². The van der Waals surface area contributed by atoms with Gasteiger partial charge in [0.15, 0.2) is 5.69 Å². The molecular formula is C15H17N3O3. The highest BCUT2D eigenvalue weighted by molar-refractivity contribution is 5.92. The van der Waals surface area contributed by atoms with E-state index in [4.69, 9.17) is 10.5 Å². The summed E-state index contributed by atoms with van der Waals surface area (Å²) in [6.45, 7) is 1.41. The average molecular weight is 287 g/mol. The highest BCUT2D eigenvalue weighted by atomic mass is 16.5. The maximum Gasteiger partial charge on any atom is 0.360 e. The second-order valence-corrected chi connectivity index (χ2v) is 4.98. The summed E-state index contributed by atoms with van der Waals surface area (Å²) in [5, 5.41) is 4.16. The summed E-state index contributed by atoms with van der Waals surface area (Å²) in [6, 6.07) is 6.23. The first kappa shape index (κ1) is 13.5. The number of aromatic nitrogens is 2. The van der Waals surface area contributed by atoms with Crippen molar-refractivity contribution in [3.8, 4) is 5.75 Å². The van der Waals surface area contributed by atoms with Crippen LogP contribution in [0.25, 0.3) is 0 Å². The molecule has 1 aliphatic rings. The number of anilines is 1. The van der Waals surface area contributed by atoms with Gasteiger partial charge >= 0.3 is 5.97 Å². The molecule has 0 amide bonds. The van der Waals surface area contributed by atoms with Gasteiger partial charge in [0, 0.05) is 19.2 Å². The normalized spacial score (nSPS) is 12.8. The molecule has 0 saturated carbocycles. The fourth-order valence-electron chi connectivity index (χ4n) is 2.45. The molecule has 1 aromatic heterocycles. The largest absolute Gasteiger partial charge is 0.493 e. The Morgan fingerprint density at radius 1 is 1.52 bits per heavy atom. The molecule has 0 fully saturated rings. The van der Waals surface area contributed by atoms with E-state index in [1.54, 1.807) is 10.9 Å². The van der Waals surface area contributed by atoms with E-state index in [0.717, 1.165) is 25.2 Å². The molecule has 0 aliphatic carbocycles. The van der Waals surface area contributed by atoms with Gasteiger partial charge in [0.1, 0.15) is 5.75 Å². The number of hydrogen-bond donors (Lipinski definition) is 1. The van der Waals surface area contributed by atoms with E-state index < -0.39 is 5.97 Å². The van der Waals surface area contributed by atoms with E-state index >= 15 is 0 Å². The molecule has 2 heterocycles. The van der Waals surface area contributed by atoms with Crippen LogP contribution >= 0.6 is 0 Å². The van der Waals surface area contributed by atoms with Gasteiger partial charge in [-0.3, -0.25) is 4.68 Å². The topological polar surface area (TPSA) is 79.4 Å². The molecule has 0 atom stereocenters. The second-order valence-electron chi connectivity index (χ2n) is 4.98. The molecule has 1 aliphatic heterocycles. The highest BCUT2D eigenvalue weighted by Gasteiger charge is 2.15. The van der Waals surface area contributed by atoms with Crippen molar-refractivity contribution in [3.63, 3.8) is 0 Å². The minimum absolute atomic E-state index is 0.167. The van der Waals surface area contributed by atoms with E-state index in [1.807, 2.05) is 6.07 Å². The molecule has 1 aromatic carbocycles. The lowest BCUT2D eigenvalue weighted by Gasteiger charge is -2.04. The number of benzene rings is 1. The Bertz CT molecular complexity index is 679. The molecule has 0 radical (unpaired) electrons. The summed E-state index contributed by atoms with van der Waals surface area (Å²) in [6.07, 6.45) is 3.43. The number of nitrogens with zero attached hydrogens (tertiary/aromatic N) is 2. The second kappa shape index (κ2) is 5.47. The van der Waals surface area contributed by atoms with Gasteiger partial charge in [0.25, 0.3) is 0 Å². The van der Waals surface area contributed by atoms with Gasteiger partial charge in [-0.05, 0) is 23.6 Å². The quantitative estimate of drug-likeness (QED) is 0.860. The number of nitrogen functional groups attached to an aromatic ring is 1. The fraction of sp³-hybridized carbons (Fsp3) is 0.333. The van der Waals surface area contributed by atoms with Gasteiger partial charge in [0.2, 0.25) is 0 Å². The number of esters is 1. The number of methoxy groups -OCH3 is 1. The Morgan fingerprint density at radius 2 is 2.38 bits per heavy atom. The van der Waals surface area contributed by atoms with Crippen LogP contribution in [0.3, 0.4) is 0 Å². The van der Waals surface area contributed by atoms with E-state index in [-0.39, 0.29) is 5.69 Å². The Balaban J connectivity index is 1.69. The van der Waals surface area contributed by atoms with Crippen molar-refractivity contribution in [3.05, 3.63) is 41.2 Å². The monoisotopic (exact) mass is 287 g/mol. The van der Waals surface area contributed by atoms with Crippen molar-refractivity contribution in [1.29, 1.82) is 0 Å². The highest BCUT2D eigenvalue weighted by Crippen LogP contribution is 2.26. The van der Waals surface area contributed by atoms with Gasteiger partial charge < -0.3 is 15.2 Å². The predicted molar refractivity (Wildman–Crippen MR) is 77.3 cm³/mol. The summed E-state index contributed by atoms with van der Waals surface area (Å²) < 4.78 is 11.8. The van der Waals surface area contributed by atoms with Crippen LogP contribution in [0.2, 0.25) is 0 Å². The van der Waals surface area contributed by atoms with Gasteiger partial charge in [-0.15, -0.1) is 0 Å². The van der Waals surface area contributed by atoms with Crippen LogP contribution in [0, 0.1) is 0 Å². The van der Waals surface area contributed by atoms with E-state index in [1.165, 1.54) is 18.2 Å². The van der Waals surface area contributed by atoms with E-state index in [2.05, 4.69) is 22.0 Å². The van der Waals surface area contributed by atoms with Crippen LogP contribution in [0.1, 0.15) is 21.6 Å². The van der Waals surface area contributed by atoms with E-state index in [9.17, 15) is 4.79 Å². The van der Waals surface area contributed by atoms with Crippen molar-refractivity contribution < 1.29 is 14.3 Å². The third-order valence-corrected chi connectivity index (χ3v) is 3.55. The smallest absolute Gasteiger partial charge is 0.360 e. The first-order chi connectivity index (χ1) is 10.2. The molecule has 2 aromatic rings. The van der Waals surface area contributed by atoms with Crippen LogP contribution < -0.4 is 10.5 Å². The van der Waals surface area contributed by atoms with Crippen LogP contribution in [0.4, 0.5) is 5.69 Å². The number of nitrogens with two attached hydrogens (primary N) is 1. The summed E-state index contributed by atoms with van der Waals surface area (Å²) in [5.41, 5.74) is 8.73. The van der Waals surface area contributed by atoms with Crippen LogP contribution in [-0.2, 0) is 24.1 Å². The summed E-state index contributed by atoms with van der Waals surface area (Å²) in [5.74, 6) is 0.469. The molecule has 6 nitrogen and oxygen atoms in total. The molecule has 3 rings (SSSR count). The van der Waals surface area contributed by atoms with Gasteiger partial charge in [-0.1, -0.05) is 12.1 Å². The van der Waals surface area contributed by atoms with Gasteiger partial charge in [-0.25, -0.2) is 4.79 Å². The fourth-order valence-corrected chi connectivity index (χ4v) is 2.45. The van der Waals surface area contributed by atoms with Crippen molar-refractivity contribution in [2.45, 2.75) is 19.4 Å². The average Bonchev–Trinajstić information content (AvgIpc) is 3.10. The van der Waals surface area contributed by atoms with Crippen molar-refractivity contribution in [1.82, 2.24) is 9.78 Å². The molecule has 0 bridgehead atoms. The van der Waals surface area contributed by atoms with E-state index in [0.29, 0.717) is 12.2 Å². The number of carbonyl (C=O) groups is 1. The van der Waals surface area contributed by atoms with Crippen molar-refractivity contribution in [2.24, 2.45) is 0 Å². The summed E-state index contributed by atoms with van der Waals surface area (Å²) in [4.78, 5) is 11.5. The maximum atomic E-state index is 11.5. The number of hydrogen-bond acceptors (Lipinski definition) is 5. The third kappa shape index (κ3) is 2.69. The van der Waals surface area contributed by atoms with Crippen LogP contribution in [0.15, 0.2) is 24.4 Å². The third-order valence-electron chi connectivity index (χ3n) is 3.55. The van der Waals surface area contributed by atoms with Crippen molar-refractivity contribution >= 4 is 11.7 Å². The first-order valence-corrected chi connectivity index (χ1v) is 6.83. The van der Waals surface area contributed by atoms with Crippen molar-refractivity contribution in [2.75, 3.05) is 19.5 Å². The summed E-state index contributed by atoms with van der Waals surface area (Å²) >= 11 is 0. The Morgan fingerprint density at radius 3 is 3.19 bits per heavy atom. The molecule has 21 heavy (non-hydrogen) atoms. The van der Waals surface area contributed by atoms with Crippen LogP contribution in [0.5, 0.6) is 5.75 Å². The zero-order valence-corrected chi connectivity index (χ0v) is 11.8. The summed E-state index contributed by atoms with van der Waals surface area (Å²) in [7, 11) is 1.31. The molecular weight excluding hydrogens is 270 g/mol. The number of aryl methyl sites for hydroxylation is 2. The molecule has 2 N–H and O–H groups in total. The minimum Gasteiger partial charge on any atom is -0.493 e. The molecule has 110 valence electrons. The molecule has 0 unspecified atom stereocenters. The standard InChI is InChI=1S/C15H17N3O3/c1-20-15(19)14-12(16)9-18(17-14)6-4-10-2-3-13-11(8-10)5-7-21-13/h2-3,8-9H,4-7,16H2,1H3. The number of ether oxygens (including phenoxy) is 2. The number of fused-ring (bicyclic) bond motifs is 1. The Hall–Kier alpha value is -2.50. The molecule has 6 heteroatoms. The molecule has 0 spiro atoms. The van der Waals surface area contributed by atoms with Gasteiger partial charge in [0.05, 0.1) is 19.4 Å².